The molecule has 0 saturated carbocycles. The molecule has 1 rings (SSSR count). The molecule has 0 fully saturated rings. The molecule has 0 bridgehead atoms. The van der Waals surface area contributed by atoms with Crippen molar-refractivity contribution in [2.75, 3.05) is 7.05 Å². The molecule has 1 aromatic rings. The molecule has 0 saturated heterocycles. The normalized spacial score (nSPS) is 12.5. The lowest BCUT2D eigenvalue weighted by molar-refractivity contribution is -0.139. The lowest BCUT2D eigenvalue weighted by Gasteiger charge is -2.11. The maximum Gasteiger partial charge on any atom is 0.387 e. The van der Waals surface area contributed by atoms with Crippen molar-refractivity contribution in [2.45, 2.75) is 19.1 Å². The maximum atomic E-state index is 11.9. The summed E-state index contributed by atoms with van der Waals surface area (Å²) in [5.74, 6) is -0.902. The van der Waals surface area contributed by atoms with E-state index in [4.69, 9.17) is 5.11 Å². The van der Waals surface area contributed by atoms with Crippen LogP contribution in [-0.2, 0) is 11.2 Å². The van der Waals surface area contributed by atoms with Crippen LogP contribution in [0.2, 0.25) is 0 Å². The number of hydrogen-bond acceptors (Lipinski definition) is 3. The molecule has 0 unspecified atom stereocenters. The molecule has 1 aromatic carbocycles. The molecule has 6 heteroatoms. The van der Waals surface area contributed by atoms with Crippen LogP contribution in [0.15, 0.2) is 24.3 Å². The van der Waals surface area contributed by atoms with Gasteiger partial charge in [0.05, 0.1) is 0 Å². The molecule has 0 aliphatic heterocycles. The number of aliphatic carboxylic acids is 1. The number of benzene rings is 1. The van der Waals surface area contributed by atoms with E-state index in [1.807, 2.05) is 0 Å². The molecule has 0 aliphatic rings. The minimum atomic E-state index is -2.86. The Labute approximate surface area is 97.2 Å². The highest BCUT2D eigenvalue weighted by atomic mass is 19.3. The van der Waals surface area contributed by atoms with Gasteiger partial charge in [-0.1, -0.05) is 12.1 Å². The highest BCUT2D eigenvalue weighted by Crippen LogP contribution is 2.15. The van der Waals surface area contributed by atoms with E-state index < -0.39 is 18.6 Å². The first-order valence-corrected chi connectivity index (χ1v) is 4.96. The summed E-state index contributed by atoms with van der Waals surface area (Å²) >= 11 is 0. The fourth-order valence-electron chi connectivity index (χ4n) is 1.36. The number of hydrogen-bond donors (Lipinski definition) is 2. The van der Waals surface area contributed by atoms with Crippen LogP contribution in [0.1, 0.15) is 5.56 Å². The number of nitrogens with one attached hydrogen (secondary N) is 1. The minimum Gasteiger partial charge on any atom is -0.480 e. The van der Waals surface area contributed by atoms with E-state index in [0.717, 1.165) is 5.56 Å². The smallest absolute Gasteiger partial charge is 0.387 e. The lowest BCUT2D eigenvalue weighted by Crippen LogP contribution is -2.35. The molecular formula is C11H13F2NO3. The number of likely N-dealkylation sites (N-methyl/N-ethyl adjacent to an activating group) is 1. The molecule has 0 heterocycles. The Hall–Kier alpha value is -1.69. The Morgan fingerprint density at radius 1 is 1.41 bits per heavy atom. The van der Waals surface area contributed by atoms with Gasteiger partial charge in [0.1, 0.15) is 11.8 Å². The zero-order chi connectivity index (χ0) is 12.8. The topological polar surface area (TPSA) is 58.6 Å². The molecule has 0 aliphatic carbocycles. The number of carboxylic acid groups (broad SMARTS) is 1. The predicted octanol–water partition coefficient (Wildman–Crippen LogP) is 1.50. The molecular weight excluding hydrogens is 232 g/mol. The second-order valence-electron chi connectivity index (χ2n) is 3.41. The molecule has 94 valence electrons. The largest absolute Gasteiger partial charge is 0.480 e. The second-order valence-corrected chi connectivity index (χ2v) is 3.41. The van der Waals surface area contributed by atoms with Crippen LogP contribution in [0.25, 0.3) is 0 Å². The summed E-state index contributed by atoms with van der Waals surface area (Å²) in [5, 5.41) is 11.5. The third kappa shape index (κ3) is 4.36. The van der Waals surface area contributed by atoms with Crippen molar-refractivity contribution in [3.63, 3.8) is 0 Å². The number of carboxylic acids is 1. The number of ether oxygens (including phenoxy) is 1. The van der Waals surface area contributed by atoms with Crippen molar-refractivity contribution in [3.05, 3.63) is 29.8 Å². The Balaban J connectivity index is 2.64. The molecule has 0 radical (unpaired) electrons. The highest BCUT2D eigenvalue weighted by molar-refractivity contribution is 5.73. The standard InChI is InChI=1S/C11H13F2NO3/c1-14-9(10(15)16)6-7-2-4-8(5-3-7)17-11(12)13/h2-5,9,11,14H,6H2,1H3,(H,15,16)/t9-/m0/s1. The second kappa shape index (κ2) is 6.15. The van der Waals surface area contributed by atoms with Crippen LogP contribution in [0, 0.1) is 0 Å². The summed E-state index contributed by atoms with van der Waals surface area (Å²) < 4.78 is 27.9. The van der Waals surface area contributed by atoms with Crippen molar-refractivity contribution in [1.82, 2.24) is 5.32 Å². The number of carbonyl (C=O) groups is 1. The fraction of sp³-hybridized carbons (Fsp3) is 0.364. The van der Waals surface area contributed by atoms with Gasteiger partial charge in [0.2, 0.25) is 0 Å². The van der Waals surface area contributed by atoms with Gasteiger partial charge >= 0.3 is 12.6 Å². The Kier molecular flexibility index (Phi) is 4.84. The summed E-state index contributed by atoms with van der Waals surface area (Å²) in [5.41, 5.74) is 0.730. The van der Waals surface area contributed by atoms with E-state index in [0.29, 0.717) is 0 Å². The number of halogens is 2. The molecule has 0 spiro atoms. The van der Waals surface area contributed by atoms with Gasteiger partial charge in [0.25, 0.3) is 0 Å². The maximum absolute atomic E-state index is 11.9. The third-order valence-electron chi connectivity index (χ3n) is 2.23. The van der Waals surface area contributed by atoms with E-state index in [1.54, 1.807) is 19.2 Å². The van der Waals surface area contributed by atoms with E-state index >= 15 is 0 Å². The van der Waals surface area contributed by atoms with Gasteiger partial charge in [0, 0.05) is 0 Å². The summed E-state index contributed by atoms with van der Waals surface area (Å²) in [6.45, 7) is -2.86. The van der Waals surface area contributed by atoms with Gasteiger partial charge in [-0.15, -0.1) is 0 Å². The van der Waals surface area contributed by atoms with Gasteiger partial charge in [-0.05, 0) is 31.2 Å². The quantitative estimate of drug-likeness (QED) is 0.797. The van der Waals surface area contributed by atoms with Crippen molar-refractivity contribution in [1.29, 1.82) is 0 Å². The zero-order valence-electron chi connectivity index (χ0n) is 9.19. The van der Waals surface area contributed by atoms with Crippen LogP contribution >= 0.6 is 0 Å². The first kappa shape index (κ1) is 13.4. The van der Waals surface area contributed by atoms with Crippen molar-refractivity contribution >= 4 is 5.97 Å². The molecule has 0 aromatic heterocycles. The Morgan fingerprint density at radius 2 is 2.00 bits per heavy atom. The van der Waals surface area contributed by atoms with Gasteiger partial charge in [-0.25, -0.2) is 0 Å². The third-order valence-corrected chi connectivity index (χ3v) is 2.23. The summed E-state index contributed by atoms with van der Waals surface area (Å²) in [7, 11) is 1.55. The number of rotatable bonds is 6. The van der Waals surface area contributed by atoms with Crippen molar-refractivity contribution in [2.24, 2.45) is 0 Å². The van der Waals surface area contributed by atoms with Gasteiger partial charge in [-0.2, -0.15) is 8.78 Å². The lowest BCUT2D eigenvalue weighted by atomic mass is 10.1. The van der Waals surface area contributed by atoms with E-state index in [2.05, 4.69) is 10.1 Å². The van der Waals surface area contributed by atoms with E-state index in [1.165, 1.54) is 12.1 Å². The first-order chi connectivity index (χ1) is 8.02. The predicted molar refractivity (Wildman–Crippen MR) is 57.3 cm³/mol. The Bertz CT molecular complexity index is 367. The Morgan fingerprint density at radius 3 is 2.41 bits per heavy atom. The van der Waals surface area contributed by atoms with E-state index in [9.17, 15) is 13.6 Å². The average molecular weight is 245 g/mol. The van der Waals surface area contributed by atoms with Gasteiger partial charge in [0.15, 0.2) is 0 Å². The summed E-state index contributed by atoms with van der Waals surface area (Å²) in [6.07, 6.45) is 0.279. The molecule has 17 heavy (non-hydrogen) atoms. The zero-order valence-corrected chi connectivity index (χ0v) is 9.19. The van der Waals surface area contributed by atoms with Crippen molar-refractivity contribution in [3.8, 4) is 5.75 Å². The monoisotopic (exact) mass is 245 g/mol. The van der Waals surface area contributed by atoms with Crippen molar-refractivity contribution < 1.29 is 23.4 Å². The highest BCUT2D eigenvalue weighted by Gasteiger charge is 2.15. The average Bonchev–Trinajstić information content (AvgIpc) is 2.26. The molecule has 2 N–H and O–H groups in total. The fourth-order valence-corrected chi connectivity index (χ4v) is 1.36. The summed E-state index contributed by atoms with van der Waals surface area (Å²) in [4.78, 5) is 10.8. The van der Waals surface area contributed by atoms with Crippen LogP contribution in [0.4, 0.5) is 8.78 Å². The molecule has 0 amide bonds. The van der Waals surface area contributed by atoms with Gasteiger partial charge in [-0.3, -0.25) is 4.79 Å². The minimum absolute atomic E-state index is 0.0556. The van der Waals surface area contributed by atoms with Gasteiger partial charge < -0.3 is 15.2 Å². The molecule has 4 nitrogen and oxygen atoms in total. The molecule has 1 atom stereocenters. The number of alkyl halides is 2. The van der Waals surface area contributed by atoms with Crippen LogP contribution in [0.5, 0.6) is 5.75 Å². The van der Waals surface area contributed by atoms with E-state index in [-0.39, 0.29) is 12.2 Å². The van der Waals surface area contributed by atoms with Crippen LogP contribution < -0.4 is 10.1 Å². The van der Waals surface area contributed by atoms with Crippen LogP contribution in [-0.4, -0.2) is 30.8 Å². The first-order valence-electron chi connectivity index (χ1n) is 4.96. The SMILES string of the molecule is CN[C@@H](Cc1ccc(OC(F)F)cc1)C(=O)O. The summed E-state index contributed by atoms with van der Waals surface area (Å²) in [6, 6.07) is 5.19. The van der Waals surface area contributed by atoms with Crippen LogP contribution in [0.3, 0.4) is 0 Å².